The highest BCUT2D eigenvalue weighted by atomic mass is 16.5. The predicted molar refractivity (Wildman–Crippen MR) is 84.7 cm³/mol. The van der Waals surface area contributed by atoms with Crippen LogP contribution < -0.4 is 15.0 Å². The summed E-state index contributed by atoms with van der Waals surface area (Å²) < 4.78 is 5.73. The molecule has 0 fully saturated rings. The van der Waals surface area contributed by atoms with Crippen molar-refractivity contribution in [2.24, 2.45) is 0 Å². The van der Waals surface area contributed by atoms with Crippen LogP contribution in [-0.4, -0.2) is 32.7 Å². The molecule has 0 bridgehead atoms. The maximum absolute atomic E-state index is 10.4. The van der Waals surface area contributed by atoms with Crippen LogP contribution in [0.1, 0.15) is 0 Å². The summed E-state index contributed by atoms with van der Waals surface area (Å²) in [6.07, 6.45) is 0.726. The van der Waals surface area contributed by atoms with E-state index in [1.807, 2.05) is 48.5 Å². The Bertz CT molecular complexity index is 517. The smallest absolute Gasteiger partial charge is 0.207 e. The van der Waals surface area contributed by atoms with Crippen LogP contribution in [-0.2, 0) is 4.79 Å². The van der Waals surface area contributed by atoms with Gasteiger partial charge in [-0.25, -0.2) is 0 Å². The van der Waals surface area contributed by atoms with Crippen molar-refractivity contribution in [1.29, 1.82) is 0 Å². The lowest BCUT2D eigenvalue weighted by Crippen LogP contribution is -2.34. The molecule has 0 saturated carbocycles. The first kappa shape index (κ1) is 14.9. The SMILES string of the molecule is O=CNCCN(CCOc1ccccc1)c1ccccc1. The molecule has 0 saturated heterocycles. The number of carbonyl (C=O) groups excluding carboxylic acids is 1. The number of anilines is 1. The van der Waals surface area contributed by atoms with Gasteiger partial charge in [0.2, 0.25) is 6.41 Å². The van der Waals surface area contributed by atoms with Crippen molar-refractivity contribution in [3.05, 3.63) is 60.7 Å². The topological polar surface area (TPSA) is 41.6 Å². The van der Waals surface area contributed by atoms with Crippen LogP contribution in [0.3, 0.4) is 0 Å². The van der Waals surface area contributed by atoms with Crippen molar-refractivity contribution in [3.63, 3.8) is 0 Å². The Kier molecular flexibility index (Phi) is 6.13. The van der Waals surface area contributed by atoms with E-state index in [9.17, 15) is 4.79 Å². The van der Waals surface area contributed by atoms with Crippen LogP contribution in [0.5, 0.6) is 5.75 Å². The lowest BCUT2D eigenvalue weighted by molar-refractivity contribution is -0.109. The Morgan fingerprint density at radius 2 is 1.62 bits per heavy atom. The molecule has 0 aliphatic carbocycles. The molecule has 110 valence electrons. The molecular formula is C17H20N2O2. The van der Waals surface area contributed by atoms with Gasteiger partial charge < -0.3 is 15.0 Å². The molecule has 0 aliphatic heterocycles. The van der Waals surface area contributed by atoms with Gasteiger partial charge in [-0.15, -0.1) is 0 Å². The first-order valence-corrected chi connectivity index (χ1v) is 7.05. The summed E-state index contributed by atoms with van der Waals surface area (Å²) in [4.78, 5) is 12.6. The normalized spacial score (nSPS) is 9.90. The Morgan fingerprint density at radius 3 is 2.29 bits per heavy atom. The monoisotopic (exact) mass is 284 g/mol. The van der Waals surface area contributed by atoms with E-state index in [4.69, 9.17) is 4.74 Å². The van der Waals surface area contributed by atoms with E-state index in [0.29, 0.717) is 13.2 Å². The van der Waals surface area contributed by atoms with Gasteiger partial charge in [0, 0.05) is 18.8 Å². The van der Waals surface area contributed by atoms with Crippen LogP contribution in [0.25, 0.3) is 0 Å². The van der Waals surface area contributed by atoms with Gasteiger partial charge in [0.25, 0.3) is 0 Å². The summed E-state index contributed by atoms with van der Waals surface area (Å²) in [6.45, 7) is 2.73. The van der Waals surface area contributed by atoms with E-state index < -0.39 is 0 Å². The van der Waals surface area contributed by atoms with Crippen LogP contribution in [0.15, 0.2) is 60.7 Å². The van der Waals surface area contributed by atoms with Gasteiger partial charge in [-0.1, -0.05) is 36.4 Å². The second-order valence-electron chi connectivity index (χ2n) is 4.56. The number of ether oxygens (including phenoxy) is 1. The van der Waals surface area contributed by atoms with E-state index >= 15 is 0 Å². The third-order valence-corrected chi connectivity index (χ3v) is 3.10. The van der Waals surface area contributed by atoms with Crippen molar-refractivity contribution in [1.82, 2.24) is 5.32 Å². The maximum Gasteiger partial charge on any atom is 0.207 e. The molecule has 2 aromatic rings. The molecule has 2 rings (SSSR count). The van der Waals surface area contributed by atoms with Gasteiger partial charge >= 0.3 is 0 Å². The molecule has 1 N–H and O–H groups in total. The van der Waals surface area contributed by atoms with Crippen molar-refractivity contribution in [3.8, 4) is 5.75 Å². The lowest BCUT2D eigenvalue weighted by Gasteiger charge is -2.24. The Balaban J connectivity index is 1.88. The van der Waals surface area contributed by atoms with Crippen LogP contribution in [0.2, 0.25) is 0 Å². The molecule has 0 atom stereocenters. The molecular weight excluding hydrogens is 264 g/mol. The molecule has 0 radical (unpaired) electrons. The highest BCUT2D eigenvalue weighted by Gasteiger charge is 2.05. The fraction of sp³-hybridized carbons (Fsp3) is 0.235. The number of amides is 1. The highest BCUT2D eigenvalue weighted by molar-refractivity contribution is 5.48. The van der Waals surface area contributed by atoms with Crippen molar-refractivity contribution in [2.75, 3.05) is 31.1 Å². The number of benzene rings is 2. The first-order chi connectivity index (χ1) is 10.4. The number of hydrogen-bond acceptors (Lipinski definition) is 3. The lowest BCUT2D eigenvalue weighted by atomic mass is 10.3. The number of nitrogens with zero attached hydrogens (tertiary/aromatic N) is 1. The average molecular weight is 284 g/mol. The molecule has 0 heterocycles. The summed E-state index contributed by atoms with van der Waals surface area (Å²) in [5.74, 6) is 0.872. The number of carbonyl (C=O) groups is 1. The zero-order valence-corrected chi connectivity index (χ0v) is 11.9. The third kappa shape index (κ3) is 5.18. The van der Waals surface area contributed by atoms with Crippen LogP contribution in [0.4, 0.5) is 5.69 Å². The van der Waals surface area contributed by atoms with Gasteiger partial charge in [-0.2, -0.15) is 0 Å². The highest BCUT2D eigenvalue weighted by Crippen LogP contribution is 2.13. The second-order valence-corrected chi connectivity index (χ2v) is 4.56. The summed E-state index contributed by atoms with van der Waals surface area (Å²) in [6, 6.07) is 19.9. The first-order valence-electron chi connectivity index (χ1n) is 7.05. The van der Waals surface area contributed by atoms with E-state index in [0.717, 1.165) is 30.9 Å². The Hall–Kier alpha value is -2.49. The molecule has 0 aliphatic rings. The molecule has 4 heteroatoms. The maximum atomic E-state index is 10.4. The van der Waals surface area contributed by atoms with E-state index in [-0.39, 0.29) is 0 Å². The third-order valence-electron chi connectivity index (χ3n) is 3.10. The second kappa shape index (κ2) is 8.64. The van der Waals surface area contributed by atoms with Gasteiger partial charge in [0.15, 0.2) is 0 Å². The number of rotatable bonds is 9. The zero-order chi connectivity index (χ0) is 14.8. The standard InChI is InChI=1S/C17H20N2O2/c20-15-18-11-12-19(16-7-3-1-4-8-16)13-14-21-17-9-5-2-6-10-17/h1-10,15H,11-14H2,(H,18,20). The Morgan fingerprint density at radius 1 is 0.952 bits per heavy atom. The fourth-order valence-electron chi connectivity index (χ4n) is 2.06. The van der Waals surface area contributed by atoms with Gasteiger partial charge in [0.1, 0.15) is 12.4 Å². The number of para-hydroxylation sites is 2. The summed E-state index contributed by atoms with van der Waals surface area (Å²) in [5, 5.41) is 2.69. The largest absolute Gasteiger partial charge is 0.492 e. The minimum atomic E-state index is 0.597. The molecule has 1 amide bonds. The summed E-state index contributed by atoms with van der Waals surface area (Å²) >= 11 is 0. The zero-order valence-electron chi connectivity index (χ0n) is 11.9. The number of nitrogens with one attached hydrogen (secondary N) is 1. The van der Waals surface area contributed by atoms with E-state index in [2.05, 4.69) is 22.3 Å². The summed E-state index contributed by atoms with van der Waals surface area (Å²) in [5.41, 5.74) is 1.13. The van der Waals surface area contributed by atoms with Gasteiger partial charge in [-0.3, -0.25) is 4.79 Å². The van der Waals surface area contributed by atoms with Crippen molar-refractivity contribution >= 4 is 12.1 Å². The molecule has 4 nitrogen and oxygen atoms in total. The van der Waals surface area contributed by atoms with E-state index in [1.165, 1.54) is 0 Å². The average Bonchev–Trinajstić information content (AvgIpc) is 2.55. The minimum Gasteiger partial charge on any atom is -0.492 e. The minimum absolute atomic E-state index is 0.597. The van der Waals surface area contributed by atoms with E-state index in [1.54, 1.807) is 0 Å². The molecule has 2 aromatic carbocycles. The van der Waals surface area contributed by atoms with Gasteiger partial charge in [-0.05, 0) is 24.3 Å². The number of hydrogen-bond donors (Lipinski definition) is 1. The fourth-order valence-corrected chi connectivity index (χ4v) is 2.06. The Labute approximate surface area is 125 Å². The van der Waals surface area contributed by atoms with Gasteiger partial charge in [0.05, 0.1) is 6.54 Å². The quantitative estimate of drug-likeness (QED) is 0.567. The molecule has 0 spiro atoms. The predicted octanol–water partition coefficient (Wildman–Crippen LogP) is 2.32. The molecule has 0 aromatic heterocycles. The molecule has 21 heavy (non-hydrogen) atoms. The van der Waals surface area contributed by atoms with Crippen molar-refractivity contribution < 1.29 is 9.53 Å². The molecule has 0 unspecified atom stereocenters. The van der Waals surface area contributed by atoms with Crippen molar-refractivity contribution in [2.45, 2.75) is 0 Å². The van der Waals surface area contributed by atoms with Crippen LogP contribution in [0, 0.1) is 0 Å². The summed E-state index contributed by atoms with van der Waals surface area (Å²) in [7, 11) is 0. The van der Waals surface area contributed by atoms with Crippen LogP contribution >= 0.6 is 0 Å².